The minimum absolute atomic E-state index is 0.144. The van der Waals surface area contributed by atoms with E-state index < -0.39 is 11.1 Å². The molecule has 0 bridgehead atoms. The molecule has 0 aromatic heterocycles. The first-order valence-corrected chi connectivity index (χ1v) is 4.74. The molecule has 1 aromatic carbocycles. The molecular weight excluding hydrogens is 236 g/mol. The van der Waals surface area contributed by atoms with Gasteiger partial charge >= 0.3 is 0 Å². The lowest BCUT2D eigenvalue weighted by molar-refractivity contribution is -0.0188. The summed E-state index contributed by atoms with van der Waals surface area (Å²) in [6.45, 7) is 0. The van der Waals surface area contributed by atoms with E-state index in [2.05, 4.69) is 15.9 Å². The van der Waals surface area contributed by atoms with Gasteiger partial charge in [0.2, 0.25) is 6.29 Å². The minimum atomic E-state index is -1.10. The highest BCUT2D eigenvalue weighted by atomic mass is 79.9. The molecule has 1 aromatic rings. The van der Waals surface area contributed by atoms with Crippen molar-refractivity contribution in [3.8, 4) is 5.75 Å². The number of Topliss-reactive ketones (excluding diaryl/α,β-unsaturated/α-hetero) is 1. The molecule has 2 atom stereocenters. The first-order chi connectivity index (χ1) is 6.20. The second-order valence-electron chi connectivity index (χ2n) is 2.77. The van der Waals surface area contributed by atoms with Crippen LogP contribution >= 0.6 is 15.9 Å². The Morgan fingerprint density at radius 1 is 1.38 bits per heavy atom. The van der Waals surface area contributed by atoms with E-state index in [1.165, 1.54) is 0 Å². The van der Waals surface area contributed by atoms with Gasteiger partial charge < -0.3 is 9.84 Å². The zero-order valence-corrected chi connectivity index (χ0v) is 8.19. The van der Waals surface area contributed by atoms with Crippen molar-refractivity contribution >= 4 is 21.7 Å². The Morgan fingerprint density at radius 2 is 2.08 bits per heavy atom. The van der Waals surface area contributed by atoms with Gasteiger partial charge in [-0.1, -0.05) is 28.1 Å². The predicted octanol–water partition coefficient (Wildman–Crippen LogP) is 1.34. The molecule has 68 valence electrons. The maximum absolute atomic E-state index is 11.5. The number of benzene rings is 1. The Bertz CT molecular complexity index is 350. The number of hydrogen-bond acceptors (Lipinski definition) is 3. The Kier molecular flexibility index (Phi) is 2.09. The number of hydrogen-bond donors (Lipinski definition) is 1. The van der Waals surface area contributed by atoms with Crippen LogP contribution in [0.1, 0.15) is 10.4 Å². The third-order valence-corrected chi connectivity index (χ3v) is 2.77. The highest BCUT2D eigenvalue weighted by Gasteiger charge is 2.33. The lowest BCUT2D eigenvalue weighted by Gasteiger charge is -2.24. The molecule has 0 fully saturated rings. The number of halogens is 1. The number of carbonyl (C=O) groups excluding carboxylic acids is 1. The Balaban J connectivity index is 2.49. The fraction of sp³-hybridized carbons (Fsp3) is 0.222. The lowest BCUT2D eigenvalue weighted by Crippen LogP contribution is -2.38. The van der Waals surface area contributed by atoms with Crippen LogP contribution in [-0.4, -0.2) is 22.0 Å². The van der Waals surface area contributed by atoms with Gasteiger partial charge in [-0.25, -0.2) is 0 Å². The van der Waals surface area contributed by atoms with Gasteiger partial charge in [-0.2, -0.15) is 0 Å². The number of aliphatic hydroxyl groups is 1. The van der Waals surface area contributed by atoms with Crippen LogP contribution in [0.15, 0.2) is 24.3 Å². The number of alkyl halides is 1. The topological polar surface area (TPSA) is 46.5 Å². The number of ketones is 1. The Morgan fingerprint density at radius 3 is 2.85 bits per heavy atom. The Labute approximate surface area is 83.5 Å². The summed E-state index contributed by atoms with van der Waals surface area (Å²) in [5.74, 6) is 0.296. The molecule has 0 spiro atoms. The summed E-state index contributed by atoms with van der Waals surface area (Å²) in [5.41, 5.74) is 0.509. The van der Waals surface area contributed by atoms with Gasteiger partial charge in [-0.15, -0.1) is 0 Å². The monoisotopic (exact) mass is 242 g/mol. The fourth-order valence-electron chi connectivity index (χ4n) is 1.24. The van der Waals surface area contributed by atoms with Crippen LogP contribution in [0, 0.1) is 0 Å². The van der Waals surface area contributed by atoms with E-state index in [0.717, 1.165) is 0 Å². The van der Waals surface area contributed by atoms with Crippen molar-refractivity contribution in [3.63, 3.8) is 0 Å². The summed E-state index contributed by atoms with van der Waals surface area (Å²) in [7, 11) is 0. The van der Waals surface area contributed by atoms with E-state index in [0.29, 0.717) is 11.3 Å². The summed E-state index contributed by atoms with van der Waals surface area (Å²) in [6, 6.07) is 6.86. The van der Waals surface area contributed by atoms with Gasteiger partial charge in [-0.3, -0.25) is 4.79 Å². The minimum Gasteiger partial charge on any atom is -0.463 e. The Hall–Kier alpha value is -0.870. The third-order valence-electron chi connectivity index (χ3n) is 1.90. The van der Waals surface area contributed by atoms with Gasteiger partial charge in [0.1, 0.15) is 10.6 Å². The highest BCUT2D eigenvalue weighted by molar-refractivity contribution is 9.10. The molecule has 0 saturated heterocycles. The summed E-state index contributed by atoms with van der Waals surface area (Å²) in [4.78, 5) is 10.9. The fourth-order valence-corrected chi connectivity index (χ4v) is 1.60. The van der Waals surface area contributed by atoms with E-state index in [4.69, 9.17) is 4.74 Å². The summed E-state index contributed by atoms with van der Waals surface area (Å²) >= 11 is 3.06. The quantitative estimate of drug-likeness (QED) is 0.699. The molecular formula is C9H7BrO3. The van der Waals surface area contributed by atoms with Crippen LogP contribution in [0.2, 0.25) is 0 Å². The van der Waals surface area contributed by atoms with E-state index in [9.17, 15) is 9.90 Å². The molecule has 1 aliphatic heterocycles. The van der Waals surface area contributed by atoms with Gasteiger partial charge in [0, 0.05) is 0 Å². The highest BCUT2D eigenvalue weighted by Crippen LogP contribution is 2.29. The van der Waals surface area contributed by atoms with Crippen molar-refractivity contribution in [2.75, 3.05) is 0 Å². The van der Waals surface area contributed by atoms with E-state index in [1.807, 2.05) is 0 Å². The van der Waals surface area contributed by atoms with Crippen LogP contribution in [0.25, 0.3) is 0 Å². The standard InChI is InChI=1S/C9H7BrO3/c10-7-8(11)5-3-1-2-4-6(5)13-9(7)12/h1-4,7,9,12H. The second kappa shape index (κ2) is 3.12. The van der Waals surface area contributed by atoms with Crippen molar-refractivity contribution in [2.24, 2.45) is 0 Å². The third kappa shape index (κ3) is 1.36. The SMILES string of the molecule is O=C1c2ccccc2OC(O)C1Br. The van der Waals surface area contributed by atoms with Crippen molar-refractivity contribution in [3.05, 3.63) is 29.8 Å². The summed E-state index contributed by atoms with van der Waals surface area (Å²) in [6.07, 6.45) is -1.10. The zero-order chi connectivity index (χ0) is 9.42. The number of fused-ring (bicyclic) bond motifs is 1. The number of ether oxygens (including phenoxy) is 1. The average molecular weight is 243 g/mol. The largest absolute Gasteiger partial charge is 0.463 e. The van der Waals surface area contributed by atoms with Crippen molar-refractivity contribution in [1.29, 1.82) is 0 Å². The molecule has 0 amide bonds. The van der Waals surface area contributed by atoms with Crippen molar-refractivity contribution < 1.29 is 14.6 Å². The van der Waals surface area contributed by atoms with Crippen LogP contribution < -0.4 is 4.74 Å². The van der Waals surface area contributed by atoms with E-state index in [-0.39, 0.29) is 5.78 Å². The number of carbonyl (C=O) groups is 1. The number of aliphatic hydroxyl groups excluding tert-OH is 1. The number of para-hydroxylation sites is 1. The summed E-state index contributed by atoms with van der Waals surface area (Å²) < 4.78 is 5.10. The van der Waals surface area contributed by atoms with E-state index >= 15 is 0 Å². The molecule has 1 heterocycles. The smallest absolute Gasteiger partial charge is 0.217 e. The molecule has 4 heteroatoms. The molecule has 2 unspecified atom stereocenters. The summed E-state index contributed by atoms with van der Waals surface area (Å²) in [5, 5.41) is 9.30. The van der Waals surface area contributed by atoms with Crippen molar-refractivity contribution in [2.45, 2.75) is 11.1 Å². The normalized spacial score (nSPS) is 26.5. The predicted molar refractivity (Wildman–Crippen MR) is 50.1 cm³/mol. The maximum atomic E-state index is 11.5. The van der Waals surface area contributed by atoms with Crippen LogP contribution in [0.5, 0.6) is 5.75 Å². The maximum Gasteiger partial charge on any atom is 0.217 e. The molecule has 3 nitrogen and oxygen atoms in total. The van der Waals surface area contributed by atoms with Gasteiger partial charge in [0.15, 0.2) is 5.78 Å². The molecule has 13 heavy (non-hydrogen) atoms. The van der Waals surface area contributed by atoms with Crippen LogP contribution in [-0.2, 0) is 0 Å². The van der Waals surface area contributed by atoms with E-state index in [1.54, 1.807) is 24.3 Å². The zero-order valence-electron chi connectivity index (χ0n) is 6.61. The van der Waals surface area contributed by atoms with Gasteiger partial charge in [0.25, 0.3) is 0 Å². The second-order valence-corrected chi connectivity index (χ2v) is 3.76. The molecule has 2 rings (SSSR count). The molecule has 1 aliphatic rings. The van der Waals surface area contributed by atoms with Crippen molar-refractivity contribution in [1.82, 2.24) is 0 Å². The van der Waals surface area contributed by atoms with Gasteiger partial charge in [0.05, 0.1) is 5.56 Å². The molecule has 1 N–H and O–H groups in total. The lowest BCUT2D eigenvalue weighted by atomic mass is 10.0. The van der Waals surface area contributed by atoms with Gasteiger partial charge in [-0.05, 0) is 12.1 Å². The average Bonchev–Trinajstić information content (AvgIpc) is 2.15. The van der Waals surface area contributed by atoms with Crippen LogP contribution in [0.4, 0.5) is 0 Å². The number of rotatable bonds is 0. The molecule has 0 radical (unpaired) electrons. The van der Waals surface area contributed by atoms with Crippen LogP contribution in [0.3, 0.4) is 0 Å². The first-order valence-electron chi connectivity index (χ1n) is 3.82. The first kappa shape index (κ1) is 8.72. The molecule has 0 aliphatic carbocycles. The molecule has 0 saturated carbocycles.